The predicted octanol–water partition coefficient (Wildman–Crippen LogP) is 11.6. The summed E-state index contributed by atoms with van der Waals surface area (Å²) in [5, 5.41) is 0. The molecule has 4 heteroatoms. The summed E-state index contributed by atoms with van der Waals surface area (Å²) < 4.78 is 11.9. The minimum absolute atomic E-state index is 0.247. The van der Waals surface area contributed by atoms with Crippen molar-refractivity contribution in [1.82, 2.24) is 0 Å². The Bertz CT molecular complexity index is 1480. The number of esters is 2. The van der Waals surface area contributed by atoms with Gasteiger partial charge in [-0.2, -0.15) is 0 Å². The number of carbonyl (C=O) groups is 2. The zero-order chi connectivity index (χ0) is 32.4. The fourth-order valence-electron chi connectivity index (χ4n) is 6.07. The number of benzene rings is 4. The summed E-state index contributed by atoms with van der Waals surface area (Å²) in [6, 6.07) is 30.2. The summed E-state index contributed by atoms with van der Waals surface area (Å²) in [6.45, 7) is 4.46. The normalized spacial score (nSPS) is 10.9. The van der Waals surface area contributed by atoms with E-state index in [9.17, 15) is 9.59 Å². The van der Waals surface area contributed by atoms with Gasteiger partial charge in [-0.3, -0.25) is 0 Å². The van der Waals surface area contributed by atoms with Gasteiger partial charge in [0.2, 0.25) is 0 Å². The lowest BCUT2D eigenvalue weighted by atomic mass is 9.83. The van der Waals surface area contributed by atoms with Gasteiger partial charge in [0.1, 0.15) is 11.5 Å². The van der Waals surface area contributed by atoms with Crippen LogP contribution in [0.15, 0.2) is 97.1 Å². The van der Waals surface area contributed by atoms with E-state index in [0.29, 0.717) is 23.5 Å². The summed E-state index contributed by atoms with van der Waals surface area (Å²) in [4.78, 5) is 28.2. The molecule has 0 radical (unpaired) electrons. The molecule has 0 atom stereocenters. The van der Waals surface area contributed by atoms with Crippen molar-refractivity contribution in [3.8, 4) is 22.6 Å². The molecule has 4 aromatic rings. The fraction of sp³-hybridized carbons (Fsp3) is 0.381. The molecule has 46 heavy (non-hydrogen) atoms. The Morgan fingerprint density at radius 3 is 1.46 bits per heavy atom. The second kappa shape index (κ2) is 19.4. The summed E-state index contributed by atoms with van der Waals surface area (Å²) in [6.07, 6.45) is 15.4. The SMILES string of the molecule is CCCCCCCCc1c(-c2ccccc2)cc(C(=O)Oc2ccccc2)c(C(=O)Oc2ccccc2)c1CCCCCCCC. The monoisotopic (exact) mass is 618 g/mol. The molecule has 0 fully saturated rings. The summed E-state index contributed by atoms with van der Waals surface area (Å²) >= 11 is 0. The Balaban J connectivity index is 1.83. The average molecular weight is 619 g/mol. The molecule has 0 saturated heterocycles. The molecule has 0 aliphatic carbocycles. The molecule has 4 aromatic carbocycles. The van der Waals surface area contributed by atoms with E-state index in [-0.39, 0.29) is 5.56 Å². The molecule has 242 valence electrons. The van der Waals surface area contributed by atoms with E-state index in [1.165, 1.54) is 44.9 Å². The number of hydrogen-bond donors (Lipinski definition) is 0. The molecule has 0 unspecified atom stereocenters. The number of para-hydroxylation sites is 2. The highest BCUT2D eigenvalue weighted by atomic mass is 16.5. The zero-order valence-electron chi connectivity index (χ0n) is 27.8. The molecule has 4 rings (SSSR count). The van der Waals surface area contributed by atoms with Crippen molar-refractivity contribution in [1.29, 1.82) is 0 Å². The van der Waals surface area contributed by atoms with Gasteiger partial charge in [0, 0.05) is 0 Å². The van der Waals surface area contributed by atoms with Gasteiger partial charge in [0.05, 0.1) is 11.1 Å². The number of rotatable bonds is 19. The number of unbranched alkanes of at least 4 members (excludes halogenated alkanes) is 10. The second-order valence-corrected chi connectivity index (χ2v) is 12.1. The lowest BCUT2D eigenvalue weighted by Gasteiger charge is -2.22. The molecule has 0 aliphatic heterocycles. The van der Waals surface area contributed by atoms with Crippen LogP contribution in [0.1, 0.15) is 123 Å². The first kappa shape index (κ1) is 34.7. The molecule has 4 nitrogen and oxygen atoms in total. The van der Waals surface area contributed by atoms with Crippen molar-refractivity contribution >= 4 is 11.9 Å². The fourth-order valence-corrected chi connectivity index (χ4v) is 6.07. The van der Waals surface area contributed by atoms with Crippen molar-refractivity contribution in [2.45, 2.75) is 104 Å². The van der Waals surface area contributed by atoms with Crippen LogP contribution in [0.3, 0.4) is 0 Å². The van der Waals surface area contributed by atoms with Gasteiger partial charge < -0.3 is 9.47 Å². The quantitative estimate of drug-likeness (QED) is 0.0596. The number of carbonyl (C=O) groups excluding carboxylic acids is 2. The first-order valence-electron chi connectivity index (χ1n) is 17.4. The minimum Gasteiger partial charge on any atom is -0.423 e. The van der Waals surface area contributed by atoms with Crippen molar-refractivity contribution in [2.75, 3.05) is 0 Å². The van der Waals surface area contributed by atoms with Crippen molar-refractivity contribution in [3.05, 3.63) is 119 Å². The summed E-state index contributed by atoms with van der Waals surface area (Å²) in [7, 11) is 0. The third-order valence-corrected chi connectivity index (χ3v) is 8.53. The third-order valence-electron chi connectivity index (χ3n) is 8.53. The molecule has 0 amide bonds. The standard InChI is InChI=1S/C42H50O4/c1-3-5-7-9-11-22-30-36-37(31-23-12-10-8-6-4-2)40(42(44)46-35-28-20-15-21-29-35)39(32-38(36)33-24-16-13-17-25-33)41(43)45-34-26-18-14-19-27-34/h13-21,24-29,32H,3-12,22-23,30-31H2,1-2H3. The Labute approximate surface area is 276 Å². The van der Waals surface area contributed by atoms with Gasteiger partial charge >= 0.3 is 11.9 Å². The highest BCUT2D eigenvalue weighted by Gasteiger charge is 2.29. The molecular weight excluding hydrogens is 568 g/mol. The molecular formula is C42H50O4. The van der Waals surface area contributed by atoms with Gasteiger partial charge in [0.25, 0.3) is 0 Å². The van der Waals surface area contributed by atoms with Gasteiger partial charge in [-0.1, -0.05) is 145 Å². The summed E-state index contributed by atoms with van der Waals surface area (Å²) in [5.74, 6) is -0.190. The van der Waals surface area contributed by atoms with Crippen LogP contribution in [0.2, 0.25) is 0 Å². The van der Waals surface area contributed by atoms with E-state index < -0.39 is 11.9 Å². The van der Waals surface area contributed by atoms with Gasteiger partial charge in [0.15, 0.2) is 0 Å². The van der Waals surface area contributed by atoms with Crippen molar-refractivity contribution in [2.24, 2.45) is 0 Å². The van der Waals surface area contributed by atoms with Crippen LogP contribution in [0.5, 0.6) is 11.5 Å². The zero-order valence-corrected chi connectivity index (χ0v) is 27.8. The van der Waals surface area contributed by atoms with E-state index in [1.807, 2.05) is 60.7 Å². The number of ether oxygens (including phenoxy) is 2. The molecule has 0 aromatic heterocycles. The Kier molecular flexibility index (Phi) is 14.6. The average Bonchev–Trinajstić information content (AvgIpc) is 3.09. The molecule has 0 spiro atoms. The largest absolute Gasteiger partial charge is 0.423 e. The Morgan fingerprint density at radius 2 is 0.935 bits per heavy atom. The highest BCUT2D eigenvalue weighted by Crippen LogP contribution is 2.35. The molecule has 0 N–H and O–H groups in total. The van der Waals surface area contributed by atoms with Crippen molar-refractivity contribution < 1.29 is 19.1 Å². The lowest BCUT2D eigenvalue weighted by Crippen LogP contribution is -2.22. The van der Waals surface area contributed by atoms with Gasteiger partial charge in [-0.15, -0.1) is 0 Å². The topological polar surface area (TPSA) is 52.6 Å². The molecule has 0 bridgehead atoms. The van der Waals surface area contributed by atoms with E-state index in [2.05, 4.69) is 26.0 Å². The van der Waals surface area contributed by atoms with Crippen LogP contribution in [0.4, 0.5) is 0 Å². The van der Waals surface area contributed by atoms with E-state index >= 15 is 0 Å². The van der Waals surface area contributed by atoms with Crippen LogP contribution < -0.4 is 9.47 Å². The Hall–Kier alpha value is -4.18. The first-order chi connectivity index (χ1) is 22.6. The van der Waals surface area contributed by atoms with Gasteiger partial charge in [-0.05, 0) is 78.3 Å². The van der Waals surface area contributed by atoms with Crippen LogP contribution in [-0.2, 0) is 12.8 Å². The second-order valence-electron chi connectivity index (χ2n) is 12.1. The van der Waals surface area contributed by atoms with E-state index in [1.54, 1.807) is 24.3 Å². The van der Waals surface area contributed by atoms with Crippen molar-refractivity contribution in [3.63, 3.8) is 0 Å². The summed E-state index contributed by atoms with van der Waals surface area (Å²) in [5.41, 5.74) is 4.67. The third kappa shape index (κ3) is 10.4. The Morgan fingerprint density at radius 1 is 0.500 bits per heavy atom. The molecule has 0 heterocycles. The number of hydrogen-bond acceptors (Lipinski definition) is 4. The highest BCUT2D eigenvalue weighted by molar-refractivity contribution is 6.07. The molecule has 0 saturated carbocycles. The van der Waals surface area contributed by atoms with Gasteiger partial charge in [-0.25, -0.2) is 9.59 Å². The maximum atomic E-state index is 14.2. The minimum atomic E-state index is -0.557. The molecule has 0 aliphatic rings. The van der Waals surface area contributed by atoms with Crippen LogP contribution >= 0.6 is 0 Å². The maximum absolute atomic E-state index is 14.2. The smallest absolute Gasteiger partial charge is 0.344 e. The van der Waals surface area contributed by atoms with Crippen LogP contribution in [0, 0.1) is 0 Å². The van der Waals surface area contributed by atoms with E-state index in [0.717, 1.165) is 60.8 Å². The predicted molar refractivity (Wildman–Crippen MR) is 189 cm³/mol. The lowest BCUT2D eigenvalue weighted by molar-refractivity contribution is 0.0691. The maximum Gasteiger partial charge on any atom is 0.344 e. The first-order valence-corrected chi connectivity index (χ1v) is 17.4. The van der Waals surface area contributed by atoms with E-state index in [4.69, 9.17) is 9.47 Å². The van der Waals surface area contributed by atoms with Crippen LogP contribution in [0.25, 0.3) is 11.1 Å². The van der Waals surface area contributed by atoms with Crippen LogP contribution in [-0.4, -0.2) is 11.9 Å².